The number of aromatic nitrogens is 2. The number of hydrogen-bond acceptors (Lipinski definition) is 4. The van der Waals surface area contributed by atoms with Crippen molar-refractivity contribution in [3.63, 3.8) is 0 Å². The Balaban J connectivity index is 2.33. The summed E-state index contributed by atoms with van der Waals surface area (Å²) in [5.74, 6) is 0. The van der Waals surface area contributed by atoms with E-state index in [1.165, 1.54) is 6.07 Å². The average Bonchev–Trinajstić information content (AvgIpc) is 2.97. The van der Waals surface area contributed by atoms with Gasteiger partial charge in [-0.25, -0.2) is 0 Å². The largest absolute Gasteiger partial charge is 0.598 e. The Morgan fingerprint density at radius 2 is 2.00 bits per heavy atom. The number of thiophene rings is 1. The maximum Gasteiger partial charge on any atom is 0.264 e. The zero-order valence-electron chi connectivity index (χ0n) is 13.0. The van der Waals surface area contributed by atoms with Crippen molar-refractivity contribution in [2.24, 2.45) is 0 Å². The molecule has 0 saturated heterocycles. The molecule has 1 unspecified atom stereocenters. The van der Waals surface area contributed by atoms with Gasteiger partial charge in [0, 0.05) is 44.3 Å². The van der Waals surface area contributed by atoms with Gasteiger partial charge in [0.1, 0.15) is 10.3 Å². The quantitative estimate of drug-likeness (QED) is 0.668. The van der Waals surface area contributed by atoms with Crippen LogP contribution in [0, 0.1) is 0 Å². The van der Waals surface area contributed by atoms with Crippen molar-refractivity contribution in [2.75, 3.05) is 0 Å². The van der Waals surface area contributed by atoms with Crippen LogP contribution >= 0.6 is 27.3 Å². The van der Waals surface area contributed by atoms with Crippen LogP contribution in [0.15, 0.2) is 26.8 Å². The predicted octanol–water partition coefficient (Wildman–Crippen LogP) is 3.04. The molecule has 0 aliphatic carbocycles. The monoisotopic (exact) mass is 405 g/mol. The molecule has 2 aromatic heterocycles. The second-order valence-corrected chi connectivity index (χ2v) is 10.2. The summed E-state index contributed by atoms with van der Waals surface area (Å²) >= 11 is 3.83. The Labute approximate surface area is 145 Å². The van der Waals surface area contributed by atoms with Crippen LogP contribution in [-0.4, -0.2) is 19.5 Å². The van der Waals surface area contributed by atoms with Crippen LogP contribution in [0.3, 0.4) is 0 Å². The van der Waals surface area contributed by atoms with Gasteiger partial charge >= 0.3 is 0 Å². The fourth-order valence-electron chi connectivity index (χ4n) is 1.98. The SMILES string of the molecule is CC(C)(C)[S+]([O-])N[C@@](C)(Cc1cc(=O)[nH][nH]1)c1cc(Br)cs1. The first-order valence-electron chi connectivity index (χ1n) is 6.81. The van der Waals surface area contributed by atoms with Crippen molar-refractivity contribution in [2.45, 2.75) is 44.4 Å². The highest BCUT2D eigenvalue weighted by molar-refractivity contribution is 9.10. The molecular weight excluding hydrogens is 386 g/mol. The molecule has 0 radical (unpaired) electrons. The molecule has 0 amide bonds. The van der Waals surface area contributed by atoms with Crippen molar-refractivity contribution in [1.82, 2.24) is 14.9 Å². The number of nitrogens with one attached hydrogen (secondary N) is 3. The summed E-state index contributed by atoms with van der Waals surface area (Å²) in [6.07, 6.45) is 0.528. The van der Waals surface area contributed by atoms with E-state index in [1.807, 2.05) is 39.1 Å². The van der Waals surface area contributed by atoms with Gasteiger partial charge in [0.25, 0.3) is 5.56 Å². The van der Waals surface area contributed by atoms with E-state index >= 15 is 0 Å². The molecular formula is C14H20BrN3O2S2. The first kappa shape index (κ1) is 17.8. The van der Waals surface area contributed by atoms with E-state index in [-0.39, 0.29) is 10.3 Å². The van der Waals surface area contributed by atoms with Gasteiger partial charge in [0.2, 0.25) is 0 Å². The van der Waals surface area contributed by atoms with Crippen molar-refractivity contribution in [1.29, 1.82) is 0 Å². The van der Waals surface area contributed by atoms with Crippen LogP contribution in [0.1, 0.15) is 38.3 Å². The summed E-state index contributed by atoms with van der Waals surface area (Å²) in [4.78, 5) is 12.4. The van der Waals surface area contributed by atoms with E-state index in [0.717, 1.165) is 15.0 Å². The molecule has 2 heterocycles. The van der Waals surface area contributed by atoms with Crippen LogP contribution in [0.4, 0.5) is 0 Å². The van der Waals surface area contributed by atoms with Crippen molar-refractivity contribution < 1.29 is 4.55 Å². The average molecular weight is 406 g/mol. The molecule has 0 aromatic carbocycles. The fraction of sp³-hybridized carbons (Fsp3) is 0.500. The fourth-order valence-corrected chi connectivity index (χ4v) is 4.49. The maximum atomic E-state index is 12.6. The maximum absolute atomic E-state index is 12.6. The highest BCUT2D eigenvalue weighted by Gasteiger charge is 2.38. The third-order valence-corrected chi connectivity index (χ3v) is 6.88. The van der Waals surface area contributed by atoms with Crippen molar-refractivity contribution in [3.8, 4) is 0 Å². The number of aromatic amines is 2. The van der Waals surface area contributed by atoms with E-state index in [0.29, 0.717) is 6.42 Å². The number of H-pyrrole nitrogens is 2. The second-order valence-electron chi connectivity index (χ2n) is 6.41. The smallest absolute Gasteiger partial charge is 0.264 e. The molecule has 8 heteroatoms. The Morgan fingerprint density at radius 1 is 1.32 bits per heavy atom. The van der Waals surface area contributed by atoms with Gasteiger partial charge < -0.3 is 9.65 Å². The highest BCUT2D eigenvalue weighted by Crippen LogP contribution is 2.34. The van der Waals surface area contributed by atoms with Crippen LogP contribution in [0.25, 0.3) is 0 Å². The van der Waals surface area contributed by atoms with Gasteiger partial charge in [0.05, 0.1) is 0 Å². The summed E-state index contributed by atoms with van der Waals surface area (Å²) in [5.41, 5.74) is 0.0667. The van der Waals surface area contributed by atoms with Gasteiger partial charge in [-0.3, -0.25) is 9.89 Å². The lowest BCUT2D eigenvalue weighted by atomic mass is 9.95. The third kappa shape index (κ3) is 4.26. The molecule has 2 rings (SSSR count). The molecule has 3 N–H and O–H groups in total. The first-order valence-corrected chi connectivity index (χ1v) is 9.63. The number of halogens is 1. The Morgan fingerprint density at radius 3 is 2.45 bits per heavy atom. The second kappa shape index (κ2) is 6.52. The lowest BCUT2D eigenvalue weighted by molar-refractivity contribution is 0.421. The zero-order valence-corrected chi connectivity index (χ0v) is 16.2. The zero-order chi connectivity index (χ0) is 16.5. The lowest BCUT2D eigenvalue weighted by Gasteiger charge is -2.34. The Hall–Kier alpha value is -0.540. The molecule has 0 aliphatic rings. The van der Waals surface area contributed by atoms with Crippen LogP contribution in [0.5, 0.6) is 0 Å². The summed E-state index contributed by atoms with van der Waals surface area (Å²) < 4.78 is 16.4. The molecule has 0 bridgehead atoms. The van der Waals surface area contributed by atoms with E-state index in [9.17, 15) is 9.35 Å². The molecule has 122 valence electrons. The molecule has 0 aliphatic heterocycles. The molecule has 5 nitrogen and oxygen atoms in total. The standard InChI is InChI=1S/C14H20BrN3O2S2/c1-13(2,3)22(20)18-14(4,11-5-9(15)8-21-11)7-10-6-12(19)17-16-10/h5-6,8,18H,7H2,1-4H3,(H2,16,17,19)/t14-,22?/m0/s1. The van der Waals surface area contributed by atoms with E-state index < -0.39 is 16.9 Å². The lowest BCUT2D eigenvalue weighted by Crippen LogP contribution is -2.50. The minimum Gasteiger partial charge on any atom is -0.598 e. The summed E-state index contributed by atoms with van der Waals surface area (Å²) in [6.45, 7) is 7.79. The van der Waals surface area contributed by atoms with Crippen molar-refractivity contribution >= 4 is 38.6 Å². The highest BCUT2D eigenvalue weighted by atomic mass is 79.9. The molecule has 22 heavy (non-hydrogen) atoms. The third-order valence-electron chi connectivity index (χ3n) is 3.18. The molecule has 0 spiro atoms. The summed E-state index contributed by atoms with van der Waals surface area (Å²) in [5, 5.41) is 7.40. The van der Waals surface area contributed by atoms with E-state index in [4.69, 9.17) is 0 Å². The van der Waals surface area contributed by atoms with Gasteiger partial charge in [-0.1, -0.05) is 0 Å². The predicted molar refractivity (Wildman–Crippen MR) is 95.5 cm³/mol. The molecule has 0 fully saturated rings. The van der Waals surface area contributed by atoms with Crippen LogP contribution in [0.2, 0.25) is 0 Å². The first-order chi connectivity index (χ1) is 10.1. The number of rotatable bonds is 5. The molecule has 0 saturated carbocycles. The number of hydrogen-bond donors (Lipinski definition) is 3. The van der Waals surface area contributed by atoms with Crippen LogP contribution in [-0.2, 0) is 23.3 Å². The molecule has 2 atom stereocenters. The van der Waals surface area contributed by atoms with Crippen molar-refractivity contribution in [3.05, 3.63) is 42.9 Å². The van der Waals surface area contributed by atoms with E-state index in [1.54, 1.807) is 11.3 Å². The Bertz CT molecular complexity index is 689. The van der Waals surface area contributed by atoms with Gasteiger partial charge in [-0.15, -0.1) is 16.1 Å². The minimum atomic E-state index is -1.23. The summed E-state index contributed by atoms with van der Waals surface area (Å²) in [7, 11) is 0. The van der Waals surface area contributed by atoms with Gasteiger partial charge in [-0.05, 0) is 49.7 Å². The normalized spacial score (nSPS) is 16.5. The summed E-state index contributed by atoms with van der Waals surface area (Å²) in [6, 6.07) is 3.55. The topological polar surface area (TPSA) is 83.7 Å². The van der Waals surface area contributed by atoms with Gasteiger partial charge in [-0.2, -0.15) is 0 Å². The van der Waals surface area contributed by atoms with E-state index in [2.05, 4.69) is 30.8 Å². The van der Waals surface area contributed by atoms with Gasteiger partial charge in [0.15, 0.2) is 0 Å². The Kier molecular flexibility index (Phi) is 5.28. The minimum absolute atomic E-state index is 0.165. The molecule has 2 aromatic rings. The van der Waals surface area contributed by atoms with Crippen LogP contribution < -0.4 is 10.3 Å².